The fourth-order valence-electron chi connectivity index (χ4n) is 2.84. The summed E-state index contributed by atoms with van der Waals surface area (Å²) >= 11 is 12.3. The highest BCUT2D eigenvalue weighted by Crippen LogP contribution is 2.35. The number of carbonyl (C=O) groups excluding carboxylic acids is 4. The van der Waals surface area contributed by atoms with Crippen molar-refractivity contribution < 1.29 is 28.7 Å². The fraction of sp³-hybridized carbons (Fsp3) is 0.0909. The lowest BCUT2D eigenvalue weighted by atomic mass is 10.1. The van der Waals surface area contributed by atoms with Gasteiger partial charge in [-0.1, -0.05) is 29.1 Å². The lowest BCUT2D eigenvalue weighted by Crippen LogP contribution is -2.54. The van der Waals surface area contributed by atoms with E-state index in [2.05, 4.69) is 16.0 Å². The molecule has 1 saturated heterocycles. The van der Waals surface area contributed by atoms with E-state index in [1.165, 1.54) is 49.6 Å². The molecule has 0 saturated carbocycles. The summed E-state index contributed by atoms with van der Waals surface area (Å²) in [5.74, 6) is 0.114. The third kappa shape index (κ3) is 4.59. The van der Waals surface area contributed by atoms with Gasteiger partial charge >= 0.3 is 12.0 Å². The molecule has 10 heteroatoms. The van der Waals surface area contributed by atoms with Crippen LogP contribution in [0.15, 0.2) is 42.0 Å². The maximum Gasteiger partial charge on any atom is 0.337 e. The number of rotatable bonds is 5. The molecule has 1 aliphatic heterocycles. The van der Waals surface area contributed by atoms with Crippen molar-refractivity contribution in [3.63, 3.8) is 0 Å². The van der Waals surface area contributed by atoms with Crippen molar-refractivity contribution in [2.24, 2.45) is 0 Å². The Bertz CT molecular complexity index is 1170. The number of hydrogen-bond donors (Lipinski definition) is 1. The minimum Gasteiger partial charge on any atom is -0.478 e. The molecule has 0 spiro atoms. The summed E-state index contributed by atoms with van der Waals surface area (Å²) < 4.78 is 9.89. The van der Waals surface area contributed by atoms with Crippen LogP contribution in [0.4, 0.5) is 10.5 Å². The van der Waals surface area contributed by atoms with E-state index in [1.54, 1.807) is 0 Å². The van der Waals surface area contributed by atoms with Gasteiger partial charge in [0.25, 0.3) is 11.8 Å². The van der Waals surface area contributed by atoms with Crippen LogP contribution < -0.4 is 15.0 Å². The number of benzene rings is 2. The normalized spacial score (nSPS) is 14.8. The molecule has 1 heterocycles. The molecule has 1 aliphatic rings. The van der Waals surface area contributed by atoms with Crippen molar-refractivity contribution in [2.45, 2.75) is 0 Å². The first-order chi connectivity index (χ1) is 15.3. The first-order valence-corrected chi connectivity index (χ1v) is 9.67. The van der Waals surface area contributed by atoms with Crippen molar-refractivity contribution in [1.29, 1.82) is 0 Å². The van der Waals surface area contributed by atoms with Gasteiger partial charge in [-0.25, -0.2) is 14.5 Å². The summed E-state index contributed by atoms with van der Waals surface area (Å²) in [6, 6.07) is 7.45. The van der Waals surface area contributed by atoms with Gasteiger partial charge in [0, 0.05) is 0 Å². The first-order valence-electron chi connectivity index (χ1n) is 8.92. The molecule has 8 nitrogen and oxygen atoms in total. The summed E-state index contributed by atoms with van der Waals surface area (Å²) in [7, 11) is 1.23. The smallest absolute Gasteiger partial charge is 0.337 e. The zero-order valence-electron chi connectivity index (χ0n) is 16.5. The van der Waals surface area contributed by atoms with Gasteiger partial charge in [-0.15, -0.1) is 6.42 Å². The number of esters is 1. The monoisotopic (exact) mass is 472 g/mol. The molecule has 0 aliphatic carbocycles. The number of nitrogens with zero attached hydrogens (tertiary/aromatic N) is 1. The molecule has 2 aromatic rings. The number of terminal acetylenes is 1. The zero-order chi connectivity index (χ0) is 23.4. The van der Waals surface area contributed by atoms with Gasteiger partial charge in [-0.05, 0) is 48.0 Å². The van der Waals surface area contributed by atoms with E-state index < -0.39 is 23.8 Å². The second-order valence-corrected chi connectivity index (χ2v) is 7.12. The molecule has 32 heavy (non-hydrogen) atoms. The molecule has 1 N–H and O–H groups in total. The summed E-state index contributed by atoms with van der Waals surface area (Å²) in [6.07, 6.45) is 6.39. The van der Waals surface area contributed by atoms with Crippen LogP contribution in [-0.4, -0.2) is 37.5 Å². The standard InChI is InChI=1S/C22H14Cl2N2O6/c1-3-8-32-18-16(23)10-12(11-17(18)24)9-15-19(27)25-22(30)26(20(15)28)14-6-4-13(5-7-14)21(29)31-2/h1,4-7,9-11H,8H2,2H3,(H,25,27,30). The molecule has 3 rings (SSSR count). The molecular formula is C22H14Cl2N2O6. The number of anilines is 1. The van der Waals surface area contributed by atoms with Gasteiger partial charge in [-0.2, -0.15) is 0 Å². The third-order valence-electron chi connectivity index (χ3n) is 4.28. The van der Waals surface area contributed by atoms with E-state index in [1.807, 2.05) is 0 Å². The van der Waals surface area contributed by atoms with Gasteiger partial charge in [0.1, 0.15) is 12.2 Å². The molecular weight excluding hydrogens is 459 g/mol. The van der Waals surface area contributed by atoms with E-state index in [4.69, 9.17) is 34.4 Å². The minimum atomic E-state index is -0.933. The van der Waals surface area contributed by atoms with Gasteiger partial charge in [0.15, 0.2) is 5.75 Å². The Hall–Kier alpha value is -3.80. The second kappa shape index (κ2) is 9.56. The Balaban J connectivity index is 1.96. The van der Waals surface area contributed by atoms with Crippen molar-refractivity contribution in [3.8, 4) is 18.1 Å². The van der Waals surface area contributed by atoms with E-state index in [0.29, 0.717) is 5.56 Å². The lowest BCUT2D eigenvalue weighted by Gasteiger charge is -2.26. The Kier molecular flexibility index (Phi) is 6.83. The van der Waals surface area contributed by atoms with Gasteiger partial charge in [0.05, 0.1) is 28.4 Å². The highest BCUT2D eigenvalue weighted by atomic mass is 35.5. The van der Waals surface area contributed by atoms with Crippen LogP contribution in [0.2, 0.25) is 10.0 Å². The number of imide groups is 2. The van der Waals surface area contributed by atoms with Crippen LogP contribution in [0.1, 0.15) is 15.9 Å². The number of ether oxygens (including phenoxy) is 2. The number of nitrogens with one attached hydrogen (secondary N) is 1. The van der Waals surface area contributed by atoms with Crippen LogP contribution in [0, 0.1) is 12.3 Å². The number of amides is 4. The average molecular weight is 473 g/mol. The molecule has 1 fully saturated rings. The van der Waals surface area contributed by atoms with E-state index in [-0.39, 0.29) is 39.2 Å². The Morgan fingerprint density at radius 1 is 1.16 bits per heavy atom. The summed E-state index contributed by atoms with van der Waals surface area (Å²) in [4.78, 5) is 50.0. The molecule has 0 bridgehead atoms. The van der Waals surface area contributed by atoms with Crippen LogP contribution in [-0.2, 0) is 14.3 Å². The Morgan fingerprint density at radius 2 is 1.78 bits per heavy atom. The quantitative estimate of drug-likeness (QED) is 0.309. The number of barbiturate groups is 1. The molecule has 4 amide bonds. The van der Waals surface area contributed by atoms with Gasteiger partial charge in [0.2, 0.25) is 0 Å². The maximum absolute atomic E-state index is 13.0. The molecule has 0 aromatic heterocycles. The topological polar surface area (TPSA) is 102 Å². The summed E-state index contributed by atoms with van der Waals surface area (Å²) in [5, 5.41) is 2.34. The molecule has 0 radical (unpaired) electrons. The van der Waals surface area contributed by atoms with E-state index in [0.717, 1.165) is 4.90 Å². The van der Waals surface area contributed by atoms with E-state index >= 15 is 0 Å². The van der Waals surface area contributed by atoms with Crippen molar-refractivity contribution in [2.75, 3.05) is 18.6 Å². The van der Waals surface area contributed by atoms with Crippen LogP contribution in [0.3, 0.4) is 0 Å². The molecule has 2 aromatic carbocycles. The lowest BCUT2D eigenvalue weighted by molar-refractivity contribution is -0.122. The summed E-state index contributed by atoms with van der Waals surface area (Å²) in [5.41, 5.74) is 0.366. The first kappa shape index (κ1) is 22.9. The van der Waals surface area contributed by atoms with Crippen molar-refractivity contribution in [1.82, 2.24) is 5.32 Å². The minimum absolute atomic E-state index is 0.0490. The number of hydrogen-bond acceptors (Lipinski definition) is 6. The summed E-state index contributed by atoms with van der Waals surface area (Å²) in [6.45, 7) is -0.0490. The molecule has 0 atom stereocenters. The fourth-order valence-corrected chi connectivity index (χ4v) is 3.45. The third-order valence-corrected chi connectivity index (χ3v) is 4.84. The number of urea groups is 1. The SMILES string of the molecule is C#CCOc1c(Cl)cc(C=C2C(=O)NC(=O)N(c3ccc(C(=O)OC)cc3)C2=O)cc1Cl. The molecule has 0 unspecified atom stereocenters. The number of methoxy groups -OCH3 is 1. The Morgan fingerprint density at radius 3 is 2.34 bits per heavy atom. The van der Waals surface area contributed by atoms with Gasteiger partial charge < -0.3 is 9.47 Å². The predicted molar refractivity (Wildman–Crippen MR) is 118 cm³/mol. The van der Waals surface area contributed by atoms with Crippen LogP contribution in [0.25, 0.3) is 6.08 Å². The molecule has 162 valence electrons. The zero-order valence-corrected chi connectivity index (χ0v) is 18.0. The maximum atomic E-state index is 13.0. The Labute approximate surface area is 192 Å². The van der Waals surface area contributed by atoms with Crippen molar-refractivity contribution in [3.05, 3.63) is 63.1 Å². The predicted octanol–water partition coefficient (Wildman–Crippen LogP) is 3.46. The van der Waals surface area contributed by atoms with Crippen molar-refractivity contribution >= 4 is 58.8 Å². The highest BCUT2D eigenvalue weighted by molar-refractivity contribution is 6.40. The average Bonchev–Trinajstić information content (AvgIpc) is 2.76. The van der Waals surface area contributed by atoms with Gasteiger partial charge in [-0.3, -0.25) is 14.9 Å². The van der Waals surface area contributed by atoms with Crippen LogP contribution in [0.5, 0.6) is 5.75 Å². The second-order valence-electron chi connectivity index (χ2n) is 6.30. The number of carbonyl (C=O) groups is 4. The highest BCUT2D eigenvalue weighted by Gasteiger charge is 2.37. The largest absolute Gasteiger partial charge is 0.478 e. The number of halogens is 2. The van der Waals surface area contributed by atoms with Crippen LogP contribution >= 0.6 is 23.2 Å². The van der Waals surface area contributed by atoms with E-state index in [9.17, 15) is 19.2 Å².